The molecule has 0 saturated heterocycles. The van der Waals surface area contributed by atoms with E-state index >= 15 is 0 Å². The van der Waals surface area contributed by atoms with Crippen LogP contribution in [0.5, 0.6) is 0 Å². The van der Waals surface area contributed by atoms with Gasteiger partial charge in [-0.2, -0.15) is 4.37 Å². The fourth-order valence-corrected chi connectivity index (χ4v) is 5.09. The van der Waals surface area contributed by atoms with Crippen LogP contribution in [0.1, 0.15) is 68.8 Å². The maximum Gasteiger partial charge on any atom is 0.273 e. The van der Waals surface area contributed by atoms with Gasteiger partial charge in [0, 0.05) is 11.7 Å². The normalized spacial score (nSPS) is 14.6. The van der Waals surface area contributed by atoms with Gasteiger partial charge in [-0.3, -0.25) is 19.3 Å². The van der Waals surface area contributed by atoms with Crippen LogP contribution in [0.2, 0.25) is 0 Å². The standard InChI is InChI=1S/C24H27N5O4S/c1-13-9-10-16(14(2)12-13)29(24(32)21-18(25)19(22(26)30)28-34-21)20(17-8-5-11-33-17)23(31)27-15-6-3-4-7-15/h5,8-12,15,20H,3-4,6-7,25H2,1-2H3,(H2,26,30)(H,27,31). The van der Waals surface area contributed by atoms with Gasteiger partial charge in [0.25, 0.3) is 17.7 Å². The van der Waals surface area contributed by atoms with Crippen LogP contribution in [0.4, 0.5) is 11.4 Å². The molecule has 3 amide bonds. The monoisotopic (exact) mass is 481 g/mol. The topological polar surface area (TPSA) is 145 Å². The molecule has 0 spiro atoms. The lowest BCUT2D eigenvalue weighted by atomic mass is 10.0. The highest BCUT2D eigenvalue weighted by Gasteiger charge is 2.39. The second-order valence-electron chi connectivity index (χ2n) is 8.51. The van der Waals surface area contributed by atoms with E-state index < -0.39 is 17.9 Å². The highest BCUT2D eigenvalue weighted by atomic mass is 32.1. The van der Waals surface area contributed by atoms with Crippen molar-refractivity contribution in [2.45, 2.75) is 51.6 Å². The number of amides is 3. The van der Waals surface area contributed by atoms with E-state index in [-0.39, 0.29) is 28.2 Å². The van der Waals surface area contributed by atoms with Crippen molar-refractivity contribution < 1.29 is 18.8 Å². The summed E-state index contributed by atoms with van der Waals surface area (Å²) in [7, 11) is 0. The predicted molar refractivity (Wildman–Crippen MR) is 130 cm³/mol. The van der Waals surface area contributed by atoms with Crippen LogP contribution in [0, 0.1) is 13.8 Å². The Balaban J connectivity index is 1.84. The van der Waals surface area contributed by atoms with E-state index in [1.54, 1.807) is 18.2 Å². The molecule has 1 unspecified atom stereocenters. The molecule has 3 aromatic rings. The zero-order valence-electron chi connectivity index (χ0n) is 19.0. The number of anilines is 2. The van der Waals surface area contributed by atoms with Gasteiger partial charge in [0.05, 0.1) is 12.0 Å². The predicted octanol–water partition coefficient (Wildman–Crippen LogP) is 3.48. The number of furan rings is 1. The molecular weight excluding hydrogens is 454 g/mol. The Morgan fingerprint density at radius 1 is 1.21 bits per heavy atom. The highest BCUT2D eigenvalue weighted by molar-refractivity contribution is 7.09. The van der Waals surface area contributed by atoms with E-state index in [0.717, 1.165) is 48.3 Å². The van der Waals surface area contributed by atoms with E-state index in [1.165, 1.54) is 11.2 Å². The lowest BCUT2D eigenvalue weighted by molar-refractivity contribution is -0.123. The first-order valence-electron chi connectivity index (χ1n) is 11.1. The van der Waals surface area contributed by atoms with Crippen LogP contribution >= 0.6 is 11.5 Å². The number of nitrogen functional groups attached to an aromatic ring is 1. The number of nitrogens with two attached hydrogens (primary N) is 2. The summed E-state index contributed by atoms with van der Waals surface area (Å²) in [5, 5.41) is 3.08. The molecule has 1 aromatic carbocycles. The largest absolute Gasteiger partial charge is 0.467 e. The van der Waals surface area contributed by atoms with Crippen LogP contribution < -0.4 is 21.7 Å². The molecule has 0 bridgehead atoms. The molecule has 1 fully saturated rings. The molecular formula is C24H27N5O4S. The molecule has 0 radical (unpaired) electrons. The molecule has 0 aliphatic heterocycles. The fourth-order valence-electron chi connectivity index (χ4n) is 4.35. The van der Waals surface area contributed by atoms with E-state index in [1.807, 2.05) is 26.0 Å². The van der Waals surface area contributed by atoms with E-state index in [9.17, 15) is 14.4 Å². The minimum atomic E-state index is -1.09. The minimum Gasteiger partial charge on any atom is -0.467 e. The van der Waals surface area contributed by atoms with Gasteiger partial charge in [0.2, 0.25) is 0 Å². The lowest BCUT2D eigenvalue weighted by Gasteiger charge is -2.31. The quantitative estimate of drug-likeness (QED) is 0.471. The third-order valence-electron chi connectivity index (χ3n) is 6.01. The number of aromatic nitrogens is 1. The Hall–Kier alpha value is -3.66. The van der Waals surface area contributed by atoms with Crippen molar-refractivity contribution in [2.24, 2.45) is 5.73 Å². The molecule has 34 heavy (non-hydrogen) atoms. The highest BCUT2D eigenvalue weighted by Crippen LogP contribution is 2.35. The first-order chi connectivity index (χ1) is 16.3. The van der Waals surface area contributed by atoms with Gasteiger partial charge in [-0.15, -0.1) is 0 Å². The van der Waals surface area contributed by atoms with Crippen LogP contribution in [0.15, 0.2) is 41.0 Å². The number of carbonyl (C=O) groups excluding carboxylic acids is 3. The van der Waals surface area contributed by atoms with Gasteiger partial charge in [-0.1, -0.05) is 30.5 Å². The molecule has 9 nitrogen and oxygen atoms in total. The van der Waals surface area contributed by atoms with Crippen molar-refractivity contribution in [3.05, 3.63) is 64.1 Å². The fraction of sp³-hybridized carbons (Fsp3) is 0.333. The summed E-state index contributed by atoms with van der Waals surface area (Å²) in [6.07, 6.45) is 5.32. The molecule has 4 rings (SSSR count). The van der Waals surface area contributed by atoms with E-state index in [2.05, 4.69) is 9.69 Å². The van der Waals surface area contributed by atoms with Crippen molar-refractivity contribution in [2.75, 3.05) is 10.6 Å². The number of hydrogen-bond donors (Lipinski definition) is 3. The first-order valence-corrected chi connectivity index (χ1v) is 11.8. The summed E-state index contributed by atoms with van der Waals surface area (Å²) in [6.45, 7) is 3.81. The average molecular weight is 482 g/mol. The van der Waals surface area contributed by atoms with Crippen molar-refractivity contribution in [3.63, 3.8) is 0 Å². The smallest absolute Gasteiger partial charge is 0.273 e. The summed E-state index contributed by atoms with van der Waals surface area (Å²) in [5.74, 6) is -1.44. The molecule has 5 N–H and O–H groups in total. The summed E-state index contributed by atoms with van der Waals surface area (Å²) in [6, 6.07) is 7.85. The second-order valence-corrected chi connectivity index (χ2v) is 9.28. The van der Waals surface area contributed by atoms with Gasteiger partial charge < -0.3 is 21.2 Å². The third kappa shape index (κ3) is 4.54. The Bertz CT molecular complexity index is 1210. The number of nitrogens with one attached hydrogen (secondary N) is 1. The second kappa shape index (κ2) is 9.68. The molecule has 1 saturated carbocycles. The number of aryl methyl sites for hydroxylation is 2. The number of benzene rings is 1. The Labute approximate surface area is 201 Å². The van der Waals surface area contributed by atoms with Crippen LogP contribution in [0.25, 0.3) is 0 Å². The maximum absolute atomic E-state index is 14.0. The van der Waals surface area contributed by atoms with Gasteiger partial charge in [-0.05, 0) is 62.0 Å². The Morgan fingerprint density at radius 2 is 1.94 bits per heavy atom. The van der Waals surface area contributed by atoms with Gasteiger partial charge >= 0.3 is 0 Å². The SMILES string of the molecule is Cc1ccc(N(C(=O)c2snc(C(N)=O)c2N)C(C(=O)NC2CCCC2)c2ccco2)c(C)c1. The van der Waals surface area contributed by atoms with Crippen molar-refractivity contribution in [1.29, 1.82) is 0 Å². The zero-order valence-corrected chi connectivity index (χ0v) is 19.9. The van der Waals surface area contributed by atoms with Gasteiger partial charge in [0.15, 0.2) is 11.7 Å². The van der Waals surface area contributed by atoms with Crippen LogP contribution in [-0.4, -0.2) is 28.1 Å². The maximum atomic E-state index is 14.0. The Morgan fingerprint density at radius 3 is 2.53 bits per heavy atom. The van der Waals surface area contributed by atoms with E-state index in [4.69, 9.17) is 15.9 Å². The van der Waals surface area contributed by atoms with Gasteiger partial charge in [-0.25, -0.2) is 0 Å². The van der Waals surface area contributed by atoms with E-state index in [0.29, 0.717) is 11.4 Å². The molecule has 2 aromatic heterocycles. The van der Waals surface area contributed by atoms with Crippen LogP contribution in [0.3, 0.4) is 0 Å². The number of hydrogen-bond acceptors (Lipinski definition) is 7. The average Bonchev–Trinajstić information content (AvgIpc) is 3.54. The number of rotatable bonds is 7. The minimum absolute atomic E-state index is 0.0268. The first kappa shape index (κ1) is 23.5. The zero-order chi connectivity index (χ0) is 24.4. The van der Waals surface area contributed by atoms with Crippen LogP contribution in [-0.2, 0) is 4.79 Å². The summed E-state index contributed by atoms with van der Waals surface area (Å²) in [4.78, 5) is 40.7. The van der Waals surface area contributed by atoms with Crippen molar-refractivity contribution >= 4 is 40.6 Å². The van der Waals surface area contributed by atoms with Crippen molar-refractivity contribution in [1.82, 2.24) is 9.69 Å². The number of carbonyl (C=O) groups is 3. The summed E-state index contributed by atoms with van der Waals surface area (Å²) >= 11 is 0.775. The summed E-state index contributed by atoms with van der Waals surface area (Å²) in [5.41, 5.74) is 13.5. The summed E-state index contributed by atoms with van der Waals surface area (Å²) < 4.78 is 9.60. The molecule has 1 atom stereocenters. The molecule has 10 heteroatoms. The lowest BCUT2D eigenvalue weighted by Crippen LogP contribution is -2.46. The molecule has 1 aliphatic rings. The number of nitrogens with zero attached hydrogens (tertiary/aromatic N) is 2. The van der Waals surface area contributed by atoms with Gasteiger partial charge in [0.1, 0.15) is 10.6 Å². The number of primary amides is 1. The molecule has 1 aliphatic carbocycles. The molecule has 178 valence electrons. The van der Waals surface area contributed by atoms with Crippen molar-refractivity contribution in [3.8, 4) is 0 Å². The third-order valence-corrected chi connectivity index (χ3v) is 6.86. The Kier molecular flexibility index (Phi) is 6.69. The molecule has 2 heterocycles.